The largest absolute Gasteiger partial charge is 0.493 e. The molecule has 2 aromatic rings. The van der Waals surface area contributed by atoms with Gasteiger partial charge >= 0.3 is 0 Å². The zero-order valence-electron chi connectivity index (χ0n) is 15.0. The maximum atomic E-state index is 12.5. The highest BCUT2D eigenvalue weighted by Crippen LogP contribution is 2.24. The van der Waals surface area contributed by atoms with Crippen molar-refractivity contribution in [3.05, 3.63) is 58.6 Å². The van der Waals surface area contributed by atoms with E-state index in [1.807, 2.05) is 31.2 Å². The number of carbonyl (C=O) groups excluding carboxylic acids is 1. The van der Waals surface area contributed by atoms with Crippen molar-refractivity contribution in [1.29, 1.82) is 0 Å². The second-order valence-corrected chi connectivity index (χ2v) is 6.89. The zero-order valence-corrected chi connectivity index (χ0v) is 15.7. The molecule has 0 unspecified atom stereocenters. The average Bonchev–Trinajstić information content (AvgIpc) is 3.15. The zero-order chi connectivity index (χ0) is 18.4. The van der Waals surface area contributed by atoms with Gasteiger partial charge in [-0.2, -0.15) is 0 Å². The summed E-state index contributed by atoms with van der Waals surface area (Å²) in [5, 5.41) is 3.78. The molecule has 0 atom stereocenters. The minimum atomic E-state index is -0.0345. The maximum absolute atomic E-state index is 12.5. The first-order valence-electron chi connectivity index (χ1n) is 9.10. The molecule has 1 aliphatic carbocycles. The Morgan fingerprint density at radius 3 is 2.54 bits per heavy atom. The summed E-state index contributed by atoms with van der Waals surface area (Å²) in [5.41, 5.74) is 1.48. The molecule has 138 valence electrons. The summed E-state index contributed by atoms with van der Waals surface area (Å²) in [4.78, 5) is 12.5. The van der Waals surface area contributed by atoms with Gasteiger partial charge in [0.2, 0.25) is 0 Å². The van der Waals surface area contributed by atoms with Crippen LogP contribution in [-0.4, -0.2) is 18.6 Å². The summed E-state index contributed by atoms with van der Waals surface area (Å²) in [6, 6.07) is 13.0. The number of carbonyl (C=O) groups is 1. The molecule has 0 bridgehead atoms. The minimum Gasteiger partial charge on any atom is -0.493 e. The molecule has 1 aliphatic rings. The van der Waals surface area contributed by atoms with Gasteiger partial charge in [0, 0.05) is 22.2 Å². The molecule has 4 nitrogen and oxygen atoms in total. The van der Waals surface area contributed by atoms with Crippen LogP contribution in [0.2, 0.25) is 5.02 Å². The van der Waals surface area contributed by atoms with Gasteiger partial charge in [-0.15, -0.1) is 0 Å². The molecule has 5 heteroatoms. The van der Waals surface area contributed by atoms with Gasteiger partial charge in [-0.05, 0) is 62.2 Å². The lowest BCUT2D eigenvalue weighted by Gasteiger charge is -2.15. The van der Waals surface area contributed by atoms with E-state index in [4.69, 9.17) is 21.1 Å². The SMILES string of the molecule is CCOc1ccc(C(=O)NC2CCCC2)cc1COc1ccc(Cl)cc1. The summed E-state index contributed by atoms with van der Waals surface area (Å²) in [7, 11) is 0. The van der Waals surface area contributed by atoms with Crippen molar-refractivity contribution in [3.8, 4) is 11.5 Å². The number of hydrogen-bond donors (Lipinski definition) is 1. The Bertz CT molecular complexity index is 739. The van der Waals surface area contributed by atoms with Crippen LogP contribution in [0.25, 0.3) is 0 Å². The number of rotatable bonds is 7. The van der Waals surface area contributed by atoms with E-state index in [-0.39, 0.29) is 5.91 Å². The van der Waals surface area contributed by atoms with Crippen molar-refractivity contribution in [1.82, 2.24) is 5.32 Å². The Labute approximate surface area is 159 Å². The highest BCUT2D eigenvalue weighted by molar-refractivity contribution is 6.30. The van der Waals surface area contributed by atoms with Crippen LogP contribution < -0.4 is 14.8 Å². The lowest BCUT2D eigenvalue weighted by atomic mass is 10.1. The standard InChI is InChI=1S/C21H24ClNO3/c1-2-25-20-12-7-15(21(24)23-18-5-3-4-6-18)13-16(20)14-26-19-10-8-17(22)9-11-19/h7-13,18H,2-6,14H2,1H3,(H,23,24). The molecule has 1 fully saturated rings. The van der Waals surface area contributed by atoms with Gasteiger partial charge in [0.05, 0.1) is 6.61 Å². The second kappa shape index (κ2) is 8.95. The minimum absolute atomic E-state index is 0.0345. The Hall–Kier alpha value is -2.20. The normalized spacial score (nSPS) is 14.2. The van der Waals surface area contributed by atoms with Crippen LogP contribution in [0.1, 0.15) is 48.5 Å². The number of nitrogens with one attached hydrogen (secondary N) is 1. The van der Waals surface area contributed by atoms with E-state index in [0.717, 1.165) is 29.9 Å². The van der Waals surface area contributed by atoms with E-state index in [1.54, 1.807) is 18.2 Å². The maximum Gasteiger partial charge on any atom is 0.251 e. The first kappa shape index (κ1) is 18.6. The number of hydrogen-bond acceptors (Lipinski definition) is 3. The van der Waals surface area contributed by atoms with Gasteiger partial charge in [-0.25, -0.2) is 0 Å². The molecule has 0 spiro atoms. The van der Waals surface area contributed by atoms with Crippen LogP contribution in [0.3, 0.4) is 0 Å². The lowest BCUT2D eigenvalue weighted by molar-refractivity contribution is 0.0937. The highest BCUT2D eigenvalue weighted by Gasteiger charge is 2.19. The topological polar surface area (TPSA) is 47.6 Å². The van der Waals surface area contributed by atoms with E-state index in [2.05, 4.69) is 5.32 Å². The molecule has 0 radical (unpaired) electrons. The van der Waals surface area contributed by atoms with E-state index in [0.29, 0.717) is 29.8 Å². The smallest absolute Gasteiger partial charge is 0.251 e. The molecule has 1 N–H and O–H groups in total. The number of ether oxygens (including phenoxy) is 2. The monoisotopic (exact) mass is 373 g/mol. The van der Waals surface area contributed by atoms with E-state index in [9.17, 15) is 4.79 Å². The van der Waals surface area contributed by atoms with Crippen molar-refractivity contribution in [2.75, 3.05) is 6.61 Å². The molecule has 3 rings (SSSR count). The van der Waals surface area contributed by atoms with Gasteiger partial charge < -0.3 is 14.8 Å². The predicted molar refractivity (Wildman–Crippen MR) is 103 cm³/mol. The van der Waals surface area contributed by atoms with Crippen LogP contribution in [0.4, 0.5) is 0 Å². The van der Waals surface area contributed by atoms with Gasteiger partial charge in [0.25, 0.3) is 5.91 Å². The molecule has 1 amide bonds. The van der Waals surface area contributed by atoms with Gasteiger partial charge in [-0.1, -0.05) is 24.4 Å². The Balaban J connectivity index is 1.72. The molecular weight excluding hydrogens is 350 g/mol. The molecule has 1 saturated carbocycles. The summed E-state index contributed by atoms with van der Waals surface area (Å²) >= 11 is 5.90. The number of halogens is 1. The molecule has 0 aromatic heterocycles. The van der Waals surface area contributed by atoms with E-state index < -0.39 is 0 Å². The van der Waals surface area contributed by atoms with Crippen LogP contribution in [0.15, 0.2) is 42.5 Å². The molecule has 0 aliphatic heterocycles. The summed E-state index contributed by atoms with van der Waals surface area (Å²) in [5.74, 6) is 1.42. The number of benzene rings is 2. The molecule has 0 saturated heterocycles. The highest BCUT2D eigenvalue weighted by atomic mass is 35.5. The average molecular weight is 374 g/mol. The van der Waals surface area contributed by atoms with Crippen molar-refractivity contribution in [3.63, 3.8) is 0 Å². The molecular formula is C21H24ClNO3. The molecule has 26 heavy (non-hydrogen) atoms. The summed E-state index contributed by atoms with van der Waals surface area (Å²) in [6.45, 7) is 2.81. The summed E-state index contributed by atoms with van der Waals surface area (Å²) < 4.78 is 11.5. The summed E-state index contributed by atoms with van der Waals surface area (Å²) in [6.07, 6.45) is 4.51. The van der Waals surface area contributed by atoms with Crippen LogP contribution in [0.5, 0.6) is 11.5 Å². The second-order valence-electron chi connectivity index (χ2n) is 6.45. The first-order valence-corrected chi connectivity index (χ1v) is 9.48. The Morgan fingerprint density at radius 1 is 1.12 bits per heavy atom. The first-order chi connectivity index (χ1) is 12.7. The fraction of sp³-hybridized carbons (Fsp3) is 0.381. The van der Waals surface area contributed by atoms with Gasteiger partial charge in [-0.3, -0.25) is 4.79 Å². The van der Waals surface area contributed by atoms with Crippen molar-refractivity contribution in [2.45, 2.75) is 45.3 Å². The lowest BCUT2D eigenvalue weighted by Crippen LogP contribution is -2.32. The fourth-order valence-electron chi connectivity index (χ4n) is 3.16. The third-order valence-corrected chi connectivity index (χ3v) is 4.77. The van der Waals surface area contributed by atoms with E-state index >= 15 is 0 Å². The van der Waals surface area contributed by atoms with Crippen LogP contribution in [-0.2, 0) is 6.61 Å². The van der Waals surface area contributed by atoms with Crippen molar-refractivity contribution in [2.24, 2.45) is 0 Å². The van der Waals surface area contributed by atoms with Crippen LogP contribution in [0, 0.1) is 0 Å². The molecule has 2 aromatic carbocycles. The third kappa shape index (κ3) is 4.92. The predicted octanol–water partition coefficient (Wildman–Crippen LogP) is 4.99. The Kier molecular flexibility index (Phi) is 6.40. The fourth-order valence-corrected chi connectivity index (χ4v) is 3.29. The third-order valence-electron chi connectivity index (χ3n) is 4.52. The quantitative estimate of drug-likeness (QED) is 0.743. The van der Waals surface area contributed by atoms with Crippen LogP contribution >= 0.6 is 11.6 Å². The van der Waals surface area contributed by atoms with Gasteiger partial charge in [0.1, 0.15) is 18.1 Å². The number of amides is 1. The molecule has 0 heterocycles. The van der Waals surface area contributed by atoms with Gasteiger partial charge in [0.15, 0.2) is 0 Å². The Morgan fingerprint density at radius 2 is 1.85 bits per heavy atom. The van der Waals surface area contributed by atoms with Crippen molar-refractivity contribution < 1.29 is 14.3 Å². The van der Waals surface area contributed by atoms with Crippen molar-refractivity contribution >= 4 is 17.5 Å². The van der Waals surface area contributed by atoms with E-state index in [1.165, 1.54) is 12.8 Å².